The Bertz CT molecular complexity index is 812. The minimum atomic E-state index is -0.325. The molecule has 0 amide bonds. The summed E-state index contributed by atoms with van der Waals surface area (Å²) in [6.07, 6.45) is 7.32. The predicted octanol–water partition coefficient (Wildman–Crippen LogP) is 6.55. The van der Waals surface area contributed by atoms with Crippen molar-refractivity contribution in [3.63, 3.8) is 0 Å². The van der Waals surface area contributed by atoms with Crippen LogP contribution in [-0.2, 0) is 6.42 Å². The van der Waals surface area contributed by atoms with Gasteiger partial charge in [-0.1, -0.05) is 63.8 Å². The van der Waals surface area contributed by atoms with Crippen LogP contribution in [0.4, 0.5) is 0 Å². The molecule has 4 heteroatoms. The van der Waals surface area contributed by atoms with Gasteiger partial charge in [-0.15, -0.1) is 11.8 Å². The highest BCUT2D eigenvalue weighted by atomic mass is 32.2. The van der Waals surface area contributed by atoms with E-state index in [1.165, 1.54) is 31.2 Å². The van der Waals surface area contributed by atoms with Crippen molar-refractivity contribution in [2.45, 2.75) is 52.4 Å². The predicted molar refractivity (Wildman–Crippen MR) is 123 cm³/mol. The lowest BCUT2D eigenvalue weighted by Gasteiger charge is -2.20. The third-order valence-corrected chi connectivity index (χ3v) is 6.48. The third kappa shape index (κ3) is 6.46. The second-order valence-corrected chi connectivity index (χ2v) is 8.69. The summed E-state index contributed by atoms with van der Waals surface area (Å²) in [6.45, 7) is 5.32. The van der Waals surface area contributed by atoms with Gasteiger partial charge in [0.15, 0.2) is 0 Å². The third-order valence-electron chi connectivity index (χ3n) is 5.20. The highest BCUT2D eigenvalue weighted by Gasteiger charge is 2.17. The summed E-state index contributed by atoms with van der Waals surface area (Å²) in [7, 11) is 0. The van der Waals surface area contributed by atoms with Gasteiger partial charge < -0.3 is 4.74 Å². The lowest BCUT2D eigenvalue weighted by Crippen LogP contribution is -2.17. The molecular formula is C25H31NO2S. The van der Waals surface area contributed by atoms with Crippen molar-refractivity contribution in [3.05, 3.63) is 65.2 Å². The molecule has 0 bridgehead atoms. The number of hydrogen-bond acceptors (Lipinski definition) is 4. The van der Waals surface area contributed by atoms with Crippen molar-refractivity contribution in [2.75, 3.05) is 12.3 Å². The molecular weight excluding hydrogens is 378 g/mol. The van der Waals surface area contributed by atoms with E-state index in [-0.39, 0.29) is 5.97 Å². The first-order chi connectivity index (χ1) is 14.2. The number of thioether (sulfide) groups is 1. The number of rotatable bonds is 9. The van der Waals surface area contributed by atoms with Crippen LogP contribution in [0.1, 0.15) is 67.4 Å². The molecule has 154 valence electrons. The van der Waals surface area contributed by atoms with Gasteiger partial charge in [-0.25, -0.2) is 4.79 Å². The monoisotopic (exact) mass is 409 g/mol. The van der Waals surface area contributed by atoms with E-state index < -0.39 is 0 Å². The molecule has 29 heavy (non-hydrogen) atoms. The lowest BCUT2D eigenvalue weighted by atomic mass is 10.0. The van der Waals surface area contributed by atoms with Gasteiger partial charge in [-0.05, 0) is 48.6 Å². The summed E-state index contributed by atoms with van der Waals surface area (Å²) in [4.78, 5) is 17.2. The number of hydrogen-bond donors (Lipinski definition) is 0. The lowest BCUT2D eigenvalue weighted by molar-refractivity contribution is 0.0734. The van der Waals surface area contributed by atoms with Crippen LogP contribution in [0.25, 0.3) is 0 Å². The second-order valence-electron chi connectivity index (χ2n) is 7.68. The Morgan fingerprint density at radius 3 is 2.41 bits per heavy atom. The molecule has 3 rings (SSSR count). The number of esters is 1. The molecule has 0 saturated carbocycles. The molecule has 1 unspecified atom stereocenters. The van der Waals surface area contributed by atoms with E-state index in [1.807, 2.05) is 60.3 Å². The molecule has 2 aromatic carbocycles. The van der Waals surface area contributed by atoms with Crippen molar-refractivity contribution < 1.29 is 9.53 Å². The number of carbonyl (C=O) groups excluding carboxylic acids is 1. The quantitative estimate of drug-likeness (QED) is 0.268. The fourth-order valence-electron chi connectivity index (χ4n) is 3.47. The topological polar surface area (TPSA) is 38.7 Å². The molecule has 2 aromatic rings. The Labute approximate surface area is 179 Å². The molecule has 1 aliphatic rings. The summed E-state index contributed by atoms with van der Waals surface area (Å²) >= 11 is 1.84. The molecule has 0 saturated heterocycles. The molecule has 0 radical (unpaired) electrons. The fraction of sp³-hybridized carbons (Fsp3) is 0.440. The maximum absolute atomic E-state index is 12.4. The SMILES string of the molecule is CCCCCC1CN=C(c2ccc(C(=O)Oc3ccc(CCC)cc3)cc2)SC1. The first-order valence-corrected chi connectivity index (χ1v) is 11.8. The van der Waals surface area contributed by atoms with Gasteiger partial charge in [0.05, 0.1) is 10.6 Å². The van der Waals surface area contributed by atoms with Crippen LogP contribution in [0.2, 0.25) is 0 Å². The maximum Gasteiger partial charge on any atom is 0.343 e. The molecule has 0 fully saturated rings. The zero-order valence-electron chi connectivity index (χ0n) is 17.5. The number of aliphatic imine (C=N–C) groups is 1. The number of benzene rings is 2. The van der Waals surface area contributed by atoms with E-state index in [0.717, 1.165) is 35.7 Å². The summed E-state index contributed by atoms with van der Waals surface area (Å²) in [5.74, 6) is 2.10. The molecule has 0 spiro atoms. The van der Waals surface area contributed by atoms with E-state index in [0.29, 0.717) is 17.2 Å². The minimum Gasteiger partial charge on any atom is -0.423 e. The summed E-state index contributed by atoms with van der Waals surface area (Å²) < 4.78 is 5.51. The first-order valence-electron chi connectivity index (χ1n) is 10.8. The van der Waals surface area contributed by atoms with Crippen molar-refractivity contribution in [1.82, 2.24) is 0 Å². The zero-order chi connectivity index (χ0) is 20.5. The van der Waals surface area contributed by atoms with Gasteiger partial charge in [0.25, 0.3) is 0 Å². The van der Waals surface area contributed by atoms with E-state index in [9.17, 15) is 4.79 Å². The number of nitrogens with zero attached hydrogens (tertiary/aromatic N) is 1. The summed E-state index contributed by atoms with van der Waals surface area (Å²) in [5, 5.41) is 1.09. The number of unbranched alkanes of at least 4 members (excludes halogenated alkanes) is 2. The van der Waals surface area contributed by atoms with Crippen LogP contribution in [0.5, 0.6) is 5.75 Å². The highest BCUT2D eigenvalue weighted by Crippen LogP contribution is 2.26. The van der Waals surface area contributed by atoms with Crippen LogP contribution < -0.4 is 4.74 Å². The Hall–Kier alpha value is -2.07. The summed E-state index contributed by atoms with van der Waals surface area (Å²) in [6, 6.07) is 15.4. The van der Waals surface area contributed by atoms with E-state index in [4.69, 9.17) is 9.73 Å². The van der Waals surface area contributed by atoms with Gasteiger partial charge in [0.1, 0.15) is 5.75 Å². The number of carbonyl (C=O) groups is 1. The number of ether oxygens (including phenoxy) is 1. The molecule has 3 nitrogen and oxygen atoms in total. The smallest absolute Gasteiger partial charge is 0.343 e. The van der Waals surface area contributed by atoms with Crippen molar-refractivity contribution >= 4 is 22.8 Å². The highest BCUT2D eigenvalue weighted by molar-refractivity contribution is 8.14. The fourth-order valence-corrected chi connectivity index (χ4v) is 4.60. The van der Waals surface area contributed by atoms with Crippen LogP contribution in [0.15, 0.2) is 53.5 Å². The van der Waals surface area contributed by atoms with Crippen LogP contribution >= 0.6 is 11.8 Å². The number of aryl methyl sites for hydroxylation is 1. The van der Waals surface area contributed by atoms with E-state index >= 15 is 0 Å². The largest absolute Gasteiger partial charge is 0.423 e. The van der Waals surface area contributed by atoms with Gasteiger partial charge >= 0.3 is 5.97 Å². The maximum atomic E-state index is 12.4. The molecule has 0 aromatic heterocycles. The van der Waals surface area contributed by atoms with E-state index in [1.54, 1.807) is 0 Å². The average Bonchev–Trinajstić information content (AvgIpc) is 2.76. The molecule has 0 N–H and O–H groups in total. The van der Waals surface area contributed by atoms with Crippen molar-refractivity contribution in [3.8, 4) is 5.75 Å². The average molecular weight is 410 g/mol. The zero-order valence-corrected chi connectivity index (χ0v) is 18.3. The molecule has 1 atom stereocenters. The molecule has 1 heterocycles. The standard InChI is InChI=1S/C25H31NO2S/c1-3-5-6-8-20-17-26-24(29-18-20)21-11-13-22(14-12-21)25(27)28-23-15-9-19(7-4-2)10-16-23/h9-16,20H,3-8,17-18H2,1-2H3. The van der Waals surface area contributed by atoms with Gasteiger partial charge in [0.2, 0.25) is 0 Å². The molecule has 1 aliphatic heterocycles. The van der Waals surface area contributed by atoms with E-state index in [2.05, 4.69) is 13.8 Å². The van der Waals surface area contributed by atoms with Crippen LogP contribution in [0.3, 0.4) is 0 Å². The Kier molecular flexibility index (Phi) is 8.36. The van der Waals surface area contributed by atoms with Gasteiger partial charge in [0, 0.05) is 17.9 Å². The Morgan fingerprint density at radius 1 is 1.03 bits per heavy atom. The second kappa shape index (κ2) is 11.2. The first kappa shape index (κ1) is 21.6. The Balaban J connectivity index is 1.55. The normalized spacial score (nSPS) is 16.3. The Morgan fingerprint density at radius 2 is 1.79 bits per heavy atom. The van der Waals surface area contributed by atoms with Crippen molar-refractivity contribution in [1.29, 1.82) is 0 Å². The van der Waals surface area contributed by atoms with Gasteiger partial charge in [-0.3, -0.25) is 4.99 Å². The summed E-state index contributed by atoms with van der Waals surface area (Å²) in [5.41, 5.74) is 2.91. The van der Waals surface area contributed by atoms with Crippen LogP contribution in [0, 0.1) is 5.92 Å². The van der Waals surface area contributed by atoms with Crippen molar-refractivity contribution in [2.24, 2.45) is 10.9 Å². The van der Waals surface area contributed by atoms with Crippen LogP contribution in [-0.4, -0.2) is 23.3 Å². The van der Waals surface area contributed by atoms with Gasteiger partial charge in [-0.2, -0.15) is 0 Å². The molecule has 0 aliphatic carbocycles. The minimum absolute atomic E-state index is 0.325.